The average Bonchev–Trinajstić information content (AvgIpc) is 2.78. The smallest absolute Gasteiger partial charge is 0.346 e. The molecule has 2 N–H and O–H groups in total. The Kier molecular flexibility index (Phi) is 8.91. The molecule has 0 saturated carbocycles. The molecule has 0 aromatic heterocycles. The van der Waals surface area contributed by atoms with Gasteiger partial charge in [-0.25, -0.2) is 13.9 Å². The largest absolute Gasteiger partial charge is 0.379 e. The van der Waals surface area contributed by atoms with Gasteiger partial charge in [0, 0.05) is 6.07 Å². The lowest BCUT2D eigenvalue weighted by Crippen LogP contribution is -2.38. The molecule has 0 spiro atoms. The minimum Gasteiger partial charge on any atom is -0.379 e. The Balaban J connectivity index is 2.27. The van der Waals surface area contributed by atoms with Gasteiger partial charge in [0.25, 0.3) is 11.6 Å². The third-order valence-corrected chi connectivity index (χ3v) is 8.21. The number of nitro benzene ring substituents is 1. The summed E-state index contributed by atoms with van der Waals surface area (Å²) in [5.41, 5.74) is 0.711. The molecule has 0 heterocycles. The molecule has 11 nitrogen and oxygen atoms in total. The van der Waals surface area contributed by atoms with Crippen molar-refractivity contribution in [3.63, 3.8) is 0 Å². The van der Waals surface area contributed by atoms with Crippen LogP contribution in [-0.2, 0) is 24.7 Å². The molecule has 2 rings (SSSR count). The number of para-hydroxylation sites is 1. The molecule has 0 bridgehead atoms. The second-order valence-corrected chi connectivity index (χ2v) is 10.7. The summed E-state index contributed by atoms with van der Waals surface area (Å²) in [6, 6.07) is 8.87. The third kappa shape index (κ3) is 6.49. The number of nitro groups is 1. The molecule has 180 valence electrons. The molecule has 0 saturated heterocycles. The first-order chi connectivity index (χ1) is 15.5. The van der Waals surface area contributed by atoms with Gasteiger partial charge in [0.1, 0.15) is 11.0 Å². The third-order valence-electron chi connectivity index (χ3n) is 4.79. The lowest BCUT2D eigenvalue weighted by atomic mass is 10.1. The van der Waals surface area contributed by atoms with E-state index in [2.05, 4.69) is 0 Å². The fourth-order valence-corrected chi connectivity index (χ4v) is 5.85. The van der Waals surface area contributed by atoms with E-state index in [0.717, 1.165) is 55.7 Å². The van der Waals surface area contributed by atoms with Gasteiger partial charge in [-0.1, -0.05) is 44.7 Å². The van der Waals surface area contributed by atoms with Crippen LogP contribution in [0.5, 0.6) is 5.75 Å². The molecule has 1 atom stereocenters. The van der Waals surface area contributed by atoms with E-state index < -0.39 is 46.6 Å². The number of hydrogen-bond acceptors (Lipinski definition) is 9. The standard InChI is InChI=1S/C20H24N2O9S2/c1-2-3-4-5-10-19(20(23)21-24)32(27,28)16-13-11-15(12-14-16)31-33(29,30)18-9-7-6-8-17(18)22(25)26/h6-9,11-14,19,24H,2-5,10H2,1H3,(H,21,23). The number of rotatable bonds is 12. The van der Waals surface area contributed by atoms with Crippen LogP contribution in [0.2, 0.25) is 0 Å². The number of hydroxylamine groups is 1. The van der Waals surface area contributed by atoms with Gasteiger partial charge in [-0.3, -0.25) is 20.1 Å². The summed E-state index contributed by atoms with van der Waals surface area (Å²) in [5.74, 6) is -1.34. The van der Waals surface area contributed by atoms with Gasteiger partial charge >= 0.3 is 10.1 Å². The number of unbranched alkanes of at least 4 members (excludes halogenated alkanes) is 3. The summed E-state index contributed by atoms with van der Waals surface area (Å²) in [6.07, 6.45) is 2.96. The molecule has 0 radical (unpaired) electrons. The zero-order valence-corrected chi connectivity index (χ0v) is 19.3. The Bertz CT molecular complexity index is 1190. The van der Waals surface area contributed by atoms with Crippen molar-refractivity contribution in [2.24, 2.45) is 0 Å². The SMILES string of the molecule is CCCCCCC(C(=O)NO)S(=O)(=O)c1ccc(OS(=O)(=O)c2ccccc2[N+](=O)[O-])cc1. The molecule has 33 heavy (non-hydrogen) atoms. The van der Waals surface area contributed by atoms with Crippen molar-refractivity contribution in [1.29, 1.82) is 0 Å². The van der Waals surface area contributed by atoms with Crippen molar-refractivity contribution < 1.29 is 35.9 Å². The summed E-state index contributed by atoms with van der Waals surface area (Å²) in [5, 5.41) is 18.5. The highest BCUT2D eigenvalue weighted by Crippen LogP contribution is 2.28. The van der Waals surface area contributed by atoms with Crippen LogP contribution in [-0.4, -0.2) is 38.1 Å². The Morgan fingerprint density at radius 3 is 2.27 bits per heavy atom. The number of carbonyl (C=O) groups is 1. The molecule has 2 aromatic carbocycles. The van der Waals surface area contributed by atoms with Crippen LogP contribution in [0.3, 0.4) is 0 Å². The Hall–Kier alpha value is -3.03. The van der Waals surface area contributed by atoms with Crippen molar-refractivity contribution in [2.75, 3.05) is 0 Å². The molecule has 1 unspecified atom stereocenters. The van der Waals surface area contributed by atoms with E-state index >= 15 is 0 Å². The fourth-order valence-electron chi connectivity index (χ4n) is 3.10. The predicted octanol–water partition coefficient (Wildman–Crippen LogP) is 2.98. The average molecular weight is 501 g/mol. The van der Waals surface area contributed by atoms with Crippen molar-refractivity contribution in [1.82, 2.24) is 5.48 Å². The summed E-state index contributed by atoms with van der Waals surface area (Å²) in [4.78, 5) is 21.3. The maximum Gasteiger partial charge on any atom is 0.346 e. The van der Waals surface area contributed by atoms with E-state index in [1.54, 1.807) is 0 Å². The zero-order valence-electron chi connectivity index (χ0n) is 17.7. The van der Waals surface area contributed by atoms with E-state index in [4.69, 9.17) is 9.39 Å². The van der Waals surface area contributed by atoms with Crippen molar-refractivity contribution >= 4 is 31.5 Å². The zero-order chi connectivity index (χ0) is 24.6. The van der Waals surface area contributed by atoms with Crippen LogP contribution >= 0.6 is 0 Å². The number of nitrogens with one attached hydrogen (secondary N) is 1. The number of hydrogen-bond donors (Lipinski definition) is 2. The molecule has 2 aromatic rings. The van der Waals surface area contributed by atoms with Crippen LogP contribution in [0, 0.1) is 10.1 Å². The summed E-state index contributed by atoms with van der Waals surface area (Å²) < 4.78 is 55.8. The first-order valence-corrected chi connectivity index (χ1v) is 13.0. The molecule has 0 fully saturated rings. The second-order valence-electron chi connectivity index (χ2n) is 7.09. The van der Waals surface area contributed by atoms with Crippen LogP contribution in [0.4, 0.5) is 5.69 Å². The van der Waals surface area contributed by atoms with E-state index in [0.29, 0.717) is 6.42 Å². The molecular weight excluding hydrogens is 476 g/mol. The number of amides is 1. The summed E-state index contributed by atoms with van der Waals surface area (Å²) in [7, 11) is -8.77. The van der Waals surface area contributed by atoms with Gasteiger partial charge in [0.2, 0.25) is 0 Å². The normalized spacial score (nSPS) is 12.7. The first-order valence-electron chi connectivity index (χ1n) is 10.0. The van der Waals surface area contributed by atoms with E-state index in [1.807, 2.05) is 6.92 Å². The van der Waals surface area contributed by atoms with Crippen LogP contribution in [0.15, 0.2) is 58.3 Å². The topological polar surface area (TPSA) is 170 Å². The Labute approximate surface area is 191 Å². The summed E-state index contributed by atoms with van der Waals surface area (Å²) >= 11 is 0. The van der Waals surface area contributed by atoms with Gasteiger partial charge in [0.15, 0.2) is 14.7 Å². The van der Waals surface area contributed by atoms with Crippen LogP contribution < -0.4 is 9.66 Å². The molecule has 0 aliphatic carbocycles. The van der Waals surface area contributed by atoms with Gasteiger partial charge in [-0.15, -0.1) is 0 Å². The van der Waals surface area contributed by atoms with Crippen molar-refractivity contribution in [3.05, 3.63) is 58.6 Å². The van der Waals surface area contributed by atoms with Crippen LogP contribution in [0.25, 0.3) is 0 Å². The molecule has 0 aliphatic heterocycles. The maximum atomic E-state index is 12.9. The lowest BCUT2D eigenvalue weighted by Gasteiger charge is -2.16. The van der Waals surface area contributed by atoms with Gasteiger partial charge in [0.05, 0.1) is 9.82 Å². The van der Waals surface area contributed by atoms with E-state index in [1.165, 1.54) is 17.6 Å². The number of nitrogens with zero attached hydrogens (tertiary/aromatic N) is 1. The second kappa shape index (κ2) is 11.2. The van der Waals surface area contributed by atoms with E-state index in [9.17, 15) is 31.7 Å². The number of carbonyl (C=O) groups excluding carboxylic acids is 1. The minimum atomic E-state index is -4.58. The van der Waals surface area contributed by atoms with Gasteiger partial charge < -0.3 is 4.18 Å². The van der Waals surface area contributed by atoms with E-state index in [-0.39, 0.29) is 17.1 Å². The van der Waals surface area contributed by atoms with Crippen molar-refractivity contribution in [3.8, 4) is 5.75 Å². The number of sulfone groups is 1. The highest BCUT2D eigenvalue weighted by atomic mass is 32.2. The lowest BCUT2D eigenvalue weighted by molar-refractivity contribution is -0.387. The van der Waals surface area contributed by atoms with Crippen molar-refractivity contribution in [2.45, 2.75) is 54.1 Å². The Morgan fingerprint density at radius 1 is 1.06 bits per heavy atom. The highest BCUT2D eigenvalue weighted by molar-refractivity contribution is 7.92. The maximum absolute atomic E-state index is 12.9. The predicted molar refractivity (Wildman–Crippen MR) is 117 cm³/mol. The quantitative estimate of drug-likeness (QED) is 0.146. The molecule has 1 amide bonds. The summed E-state index contributed by atoms with van der Waals surface area (Å²) in [6.45, 7) is 1.98. The van der Waals surface area contributed by atoms with Gasteiger partial charge in [-0.2, -0.15) is 8.42 Å². The monoisotopic (exact) mass is 500 g/mol. The molecule has 13 heteroatoms. The van der Waals surface area contributed by atoms with Gasteiger partial charge in [-0.05, 0) is 36.8 Å². The molecular formula is C20H24N2O9S2. The highest BCUT2D eigenvalue weighted by Gasteiger charge is 2.34. The Morgan fingerprint density at radius 2 is 1.70 bits per heavy atom. The van der Waals surface area contributed by atoms with Crippen LogP contribution in [0.1, 0.15) is 39.0 Å². The first kappa shape index (κ1) is 26.2. The molecule has 0 aliphatic rings. The number of benzene rings is 2. The fraction of sp³-hybridized carbons (Fsp3) is 0.350. The minimum absolute atomic E-state index is 0.000960.